The molecule has 2 N–H and O–H groups in total. The second kappa shape index (κ2) is 11.5. The number of fused-ring (bicyclic) bond motifs is 1. The number of rotatable bonds is 9. The van der Waals surface area contributed by atoms with E-state index in [0.29, 0.717) is 18.5 Å². The van der Waals surface area contributed by atoms with E-state index in [1.165, 1.54) is 24.1 Å². The number of nitrogens with zero attached hydrogens (tertiary/aromatic N) is 4. The number of alkyl halides is 5. The SMILES string of the molecule is CCn1nccc1C(=O)N[C@H](c1nc2cc([C@@H](COC)N3C[C@@H](C(F)(F)F)NC3=O)ccc2o1)[C@H]1CCCC(F)(F)C1. The molecule has 228 valence electrons. The van der Waals surface area contributed by atoms with Gasteiger partial charge in [-0.1, -0.05) is 6.07 Å². The van der Waals surface area contributed by atoms with Crippen LogP contribution < -0.4 is 10.6 Å². The van der Waals surface area contributed by atoms with Gasteiger partial charge in [0.2, 0.25) is 11.8 Å². The van der Waals surface area contributed by atoms with E-state index in [9.17, 15) is 31.5 Å². The molecule has 2 aromatic heterocycles. The van der Waals surface area contributed by atoms with Crippen molar-refractivity contribution in [1.82, 2.24) is 30.3 Å². The van der Waals surface area contributed by atoms with Gasteiger partial charge in [-0.25, -0.2) is 18.6 Å². The molecule has 1 saturated heterocycles. The first-order chi connectivity index (χ1) is 19.9. The van der Waals surface area contributed by atoms with Crippen molar-refractivity contribution in [3.05, 3.63) is 47.6 Å². The Balaban J connectivity index is 1.47. The maximum absolute atomic E-state index is 14.5. The molecule has 0 spiro atoms. The van der Waals surface area contributed by atoms with Crippen molar-refractivity contribution in [2.45, 2.75) is 69.4 Å². The zero-order valence-corrected chi connectivity index (χ0v) is 23.0. The zero-order valence-electron chi connectivity index (χ0n) is 23.0. The first kappa shape index (κ1) is 29.7. The quantitative estimate of drug-likeness (QED) is 0.336. The standard InChI is InChI=1S/C27H31F5N6O4/c1-3-38-18(8-10-33-38)23(39)36-22(16-5-4-9-26(28,29)12-16)24-34-17-11-15(6-7-20(17)42-24)19(14-41-2)37-13-21(27(30,31)32)35-25(37)40/h6-8,10-11,16,19,21-22H,3-5,9,12-14H2,1-2H3,(H,35,40)(H,36,39)/t16-,19+,21-,22-/m0/s1. The van der Waals surface area contributed by atoms with Gasteiger partial charge in [-0.2, -0.15) is 18.3 Å². The van der Waals surface area contributed by atoms with Crippen molar-refractivity contribution < 1.29 is 40.7 Å². The van der Waals surface area contributed by atoms with Crippen LogP contribution in [0, 0.1) is 5.92 Å². The average Bonchev–Trinajstić information content (AvgIpc) is 3.67. The molecule has 0 bridgehead atoms. The predicted molar refractivity (Wildman–Crippen MR) is 139 cm³/mol. The third-order valence-corrected chi connectivity index (χ3v) is 7.80. The molecule has 3 aromatic rings. The number of methoxy groups -OCH3 is 1. The van der Waals surface area contributed by atoms with Gasteiger partial charge in [-0.05, 0) is 49.4 Å². The number of nitrogens with one attached hydrogen (secondary N) is 2. The van der Waals surface area contributed by atoms with Crippen molar-refractivity contribution in [3.63, 3.8) is 0 Å². The van der Waals surface area contributed by atoms with Crippen LogP contribution in [0.25, 0.3) is 11.1 Å². The number of hydrogen-bond acceptors (Lipinski definition) is 6. The van der Waals surface area contributed by atoms with Gasteiger partial charge < -0.3 is 24.7 Å². The topological polar surface area (TPSA) is 115 Å². The molecule has 1 saturated carbocycles. The molecule has 10 nitrogen and oxygen atoms in total. The number of oxazole rings is 1. The Kier molecular flexibility index (Phi) is 8.14. The molecule has 15 heteroatoms. The first-order valence-electron chi connectivity index (χ1n) is 13.6. The average molecular weight is 599 g/mol. The van der Waals surface area contributed by atoms with Gasteiger partial charge in [0.15, 0.2) is 5.58 Å². The Morgan fingerprint density at radius 1 is 1.31 bits per heavy atom. The fourth-order valence-corrected chi connectivity index (χ4v) is 5.71. The van der Waals surface area contributed by atoms with E-state index in [4.69, 9.17) is 9.15 Å². The molecule has 4 atom stereocenters. The summed E-state index contributed by atoms with van der Waals surface area (Å²) in [6, 6.07) is 1.45. The lowest BCUT2D eigenvalue weighted by atomic mass is 9.81. The lowest BCUT2D eigenvalue weighted by Crippen LogP contribution is -2.40. The normalized spacial score (nSPS) is 22.3. The number of aryl methyl sites for hydroxylation is 1. The van der Waals surface area contributed by atoms with Gasteiger partial charge >= 0.3 is 12.2 Å². The zero-order chi connectivity index (χ0) is 30.2. The minimum absolute atomic E-state index is 0.0279. The molecular weight excluding hydrogens is 567 g/mol. The smallest absolute Gasteiger partial charge is 0.410 e. The number of hydrogen-bond donors (Lipinski definition) is 2. The molecule has 0 radical (unpaired) electrons. The van der Waals surface area contributed by atoms with Gasteiger partial charge in [0.05, 0.1) is 19.2 Å². The molecule has 1 aliphatic heterocycles. The fraction of sp³-hybridized carbons (Fsp3) is 0.556. The number of urea groups is 1. The predicted octanol–water partition coefficient (Wildman–Crippen LogP) is 4.98. The lowest BCUT2D eigenvalue weighted by molar-refractivity contribution is -0.150. The second-order valence-electron chi connectivity index (χ2n) is 10.6. The number of amides is 3. The Morgan fingerprint density at radius 2 is 2.10 bits per heavy atom. The Labute approximate surface area is 237 Å². The largest absolute Gasteiger partial charge is 0.438 e. The van der Waals surface area contributed by atoms with Crippen molar-refractivity contribution in [2.75, 3.05) is 20.3 Å². The number of carbonyl (C=O) groups is 2. The molecule has 0 unspecified atom stereocenters. The molecule has 2 aliphatic rings. The Bertz CT molecular complexity index is 1440. The molecule has 3 amide bonds. The molecular formula is C27H31F5N6O4. The van der Waals surface area contributed by atoms with Crippen LogP contribution in [-0.4, -0.2) is 70.0 Å². The molecule has 2 fully saturated rings. The highest BCUT2D eigenvalue weighted by Gasteiger charge is 2.48. The summed E-state index contributed by atoms with van der Waals surface area (Å²) in [5.74, 6) is -4.07. The van der Waals surface area contributed by atoms with Crippen molar-refractivity contribution in [1.29, 1.82) is 0 Å². The van der Waals surface area contributed by atoms with E-state index in [1.807, 2.05) is 12.2 Å². The van der Waals surface area contributed by atoms with E-state index in [1.54, 1.807) is 18.2 Å². The minimum Gasteiger partial charge on any atom is -0.438 e. The number of aromatic nitrogens is 3. The van der Waals surface area contributed by atoms with Crippen molar-refractivity contribution in [3.8, 4) is 0 Å². The monoisotopic (exact) mass is 598 g/mol. The van der Waals surface area contributed by atoms with E-state index in [0.717, 1.165) is 4.90 Å². The first-order valence-corrected chi connectivity index (χ1v) is 13.6. The number of ether oxygens (including phenoxy) is 1. The molecule has 3 heterocycles. The van der Waals surface area contributed by atoms with Crippen LogP contribution in [0.5, 0.6) is 0 Å². The number of halogens is 5. The summed E-state index contributed by atoms with van der Waals surface area (Å²) < 4.78 is 81.5. The van der Waals surface area contributed by atoms with Crippen LogP contribution in [0.15, 0.2) is 34.9 Å². The summed E-state index contributed by atoms with van der Waals surface area (Å²) in [4.78, 5) is 31.3. The molecule has 42 heavy (non-hydrogen) atoms. The minimum atomic E-state index is -4.61. The summed E-state index contributed by atoms with van der Waals surface area (Å²) in [5.41, 5.74) is 1.27. The maximum atomic E-state index is 14.5. The van der Waals surface area contributed by atoms with E-state index < -0.39 is 61.0 Å². The number of benzene rings is 1. The van der Waals surface area contributed by atoms with Crippen LogP contribution in [-0.2, 0) is 11.3 Å². The van der Waals surface area contributed by atoms with Crippen LogP contribution in [0.2, 0.25) is 0 Å². The molecule has 5 rings (SSSR count). The third kappa shape index (κ3) is 6.05. The molecule has 1 aromatic carbocycles. The lowest BCUT2D eigenvalue weighted by Gasteiger charge is -2.33. The third-order valence-electron chi connectivity index (χ3n) is 7.80. The van der Waals surface area contributed by atoms with Crippen LogP contribution >= 0.6 is 0 Å². The van der Waals surface area contributed by atoms with Crippen LogP contribution in [0.4, 0.5) is 26.7 Å². The van der Waals surface area contributed by atoms with Crippen molar-refractivity contribution in [2.24, 2.45) is 5.92 Å². The van der Waals surface area contributed by atoms with Gasteiger partial charge in [-0.3, -0.25) is 9.48 Å². The van der Waals surface area contributed by atoms with E-state index in [2.05, 4.69) is 15.4 Å². The van der Waals surface area contributed by atoms with Crippen LogP contribution in [0.3, 0.4) is 0 Å². The number of carbonyl (C=O) groups excluding carboxylic acids is 2. The van der Waals surface area contributed by atoms with Crippen molar-refractivity contribution >= 4 is 23.0 Å². The summed E-state index contributed by atoms with van der Waals surface area (Å²) in [7, 11) is 1.37. The van der Waals surface area contributed by atoms with Gasteiger partial charge in [0.1, 0.15) is 23.3 Å². The second-order valence-corrected chi connectivity index (χ2v) is 10.6. The van der Waals surface area contributed by atoms with E-state index >= 15 is 0 Å². The highest BCUT2D eigenvalue weighted by atomic mass is 19.4. The fourth-order valence-electron chi connectivity index (χ4n) is 5.71. The maximum Gasteiger partial charge on any atom is 0.410 e. The van der Waals surface area contributed by atoms with Crippen LogP contribution in [0.1, 0.15) is 66.6 Å². The van der Waals surface area contributed by atoms with E-state index in [-0.39, 0.29) is 42.1 Å². The van der Waals surface area contributed by atoms with Gasteiger partial charge in [-0.15, -0.1) is 0 Å². The molecule has 1 aliphatic carbocycles. The Hall–Kier alpha value is -3.75. The highest BCUT2D eigenvalue weighted by molar-refractivity contribution is 5.92. The highest BCUT2D eigenvalue weighted by Crippen LogP contribution is 2.43. The summed E-state index contributed by atoms with van der Waals surface area (Å²) in [6.45, 7) is 1.55. The summed E-state index contributed by atoms with van der Waals surface area (Å²) >= 11 is 0. The van der Waals surface area contributed by atoms with Gasteiger partial charge in [0.25, 0.3) is 5.91 Å². The summed E-state index contributed by atoms with van der Waals surface area (Å²) in [6.07, 6.45) is -3.18. The summed E-state index contributed by atoms with van der Waals surface area (Å²) in [5, 5.41) is 8.88. The Morgan fingerprint density at radius 3 is 2.76 bits per heavy atom. The van der Waals surface area contributed by atoms with Gasteiger partial charge in [0, 0.05) is 32.7 Å².